The van der Waals surface area contributed by atoms with Crippen molar-refractivity contribution in [1.82, 2.24) is 9.78 Å². The van der Waals surface area contributed by atoms with Crippen molar-refractivity contribution in [3.05, 3.63) is 68.8 Å². The monoisotopic (exact) mass is 405 g/mol. The van der Waals surface area contributed by atoms with E-state index < -0.39 is 5.97 Å². The number of nitrogens with zero attached hydrogens (tertiary/aromatic N) is 3. The van der Waals surface area contributed by atoms with Crippen LogP contribution >= 0.6 is 34.8 Å². The average molecular weight is 407 g/mol. The minimum Gasteiger partial charge on any atom is -0.476 e. The van der Waals surface area contributed by atoms with Crippen molar-refractivity contribution in [3.8, 4) is 23.0 Å². The zero-order chi connectivity index (χ0) is 18.8. The van der Waals surface area contributed by atoms with Gasteiger partial charge in [-0.1, -0.05) is 46.9 Å². The Hall–Kier alpha value is -2.52. The fraction of sp³-hybridized carbons (Fsp3) is 0.0556. The number of hydrogen-bond donors (Lipinski definition) is 1. The van der Waals surface area contributed by atoms with Crippen molar-refractivity contribution in [2.45, 2.75) is 6.42 Å². The largest absolute Gasteiger partial charge is 0.476 e. The molecule has 0 unspecified atom stereocenters. The summed E-state index contributed by atoms with van der Waals surface area (Å²) in [4.78, 5) is 11.7. The first kappa shape index (κ1) is 18.3. The molecule has 0 atom stereocenters. The van der Waals surface area contributed by atoms with Crippen LogP contribution in [0.15, 0.2) is 42.5 Å². The number of rotatable bonds is 4. The van der Waals surface area contributed by atoms with E-state index in [9.17, 15) is 9.90 Å². The van der Waals surface area contributed by atoms with Gasteiger partial charge in [0.2, 0.25) is 0 Å². The Morgan fingerprint density at radius 3 is 2.35 bits per heavy atom. The highest BCUT2D eigenvalue weighted by atomic mass is 35.5. The highest BCUT2D eigenvalue weighted by molar-refractivity contribution is 6.35. The summed E-state index contributed by atoms with van der Waals surface area (Å²) in [5, 5.41) is 24.2. The molecule has 0 fully saturated rings. The topological polar surface area (TPSA) is 78.9 Å². The Morgan fingerprint density at radius 1 is 1.12 bits per heavy atom. The summed E-state index contributed by atoms with van der Waals surface area (Å²) in [6, 6.07) is 13.6. The first-order valence-electron chi connectivity index (χ1n) is 7.36. The standard InChI is InChI=1S/C18H10Cl3N3O2/c19-11-3-1-10(2-4-11)17-13(7-8-22)16(18(25)26)23-24(17)15-6-5-12(20)9-14(15)21/h1-6,9H,7H2,(H,25,26). The van der Waals surface area contributed by atoms with Gasteiger partial charge in [-0.15, -0.1) is 0 Å². The van der Waals surface area contributed by atoms with E-state index in [0.717, 1.165) is 0 Å². The number of halogens is 3. The van der Waals surface area contributed by atoms with Crippen LogP contribution in [-0.4, -0.2) is 20.9 Å². The molecule has 0 aliphatic rings. The van der Waals surface area contributed by atoms with Crippen LogP contribution in [0.2, 0.25) is 15.1 Å². The molecule has 2 aromatic carbocycles. The summed E-state index contributed by atoms with van der Waals surface area (Å²) >= 11 is 18.2. The summed E-state index contributed by atoms with van der Waals surface area (Å²) in [5.41, 5.74) is 1.67. The van der Waals surface area contributed by atoms with Crippen LogP contribution in [0.5, 0.6) is 0 Å². The zero-order valence-electron chi connectivity index (χ0n) is 13.1. The first-order chi connectivity index (χ1) is 12.4. The molecule has 3 aromatic rings. The molecule has 0 saturated heterocycles. The molecule has 0 bridgehead atoms. The van der Waals surface area contributed by atoms with Gasteiger partial charge in [-0.3, -0.25) is 0 Å². The van der Waals surface area contributed by atoms with E-state index in [1.807, 2.05) is 6.07 Å². The predicted octanol–water partition coefficient (Wildman–Crippen LogP) is 5.26. The highest BCUT2D eigenvalue weighted by Crippen LogP contribution is 2.33. The van der Waals surface area contributed by atoms with E-state index in [1.165, 1.54) is 10.7 Å². The lowest BCUT2D eigenvalue weighted by Crippen LogP contribution is -2.03. The Bertz CT molecular complexity index is 1040. The number of hydrogen-bond acceptors (Lipinski definition) is 3. The van der Waals surface area contributed by atoms with Crippen molar-refractivity contribution >= 4 is 40.8 Å². The molecular formula is C18H10Cl3N3O2. The molecule has 0 saturated carbocycles. The van der Waals surface area contributed by atoms with Crippen LogP contribution in [0.4, 0.5) is 0 Å². The van der Waals surface area contributed by atoms with Gasteiger partial charge in [0, 0.05) is 21.2 Å². The van der Waals surface area contributed by atoms with Gasteiger partial charge in [0.25, 0.3) is 0 Å². The van der Waals surface area contributed by atoms with Gasteiger partial charge < -0.3 is 5.11 Å². The zero-order valence-corrected chi connectivity index (χ0v) is 15.3. The lowest BCUT2D eigenvalue weighted by atomic mass is 10.0. The second-order valence-electron chi connectivity index (χ2n) is 5.33. The average Bonchev–Trinajstić information content (AvgIpc) is 2.95. The number of benzene rings is 2. The number of aromatic nitrogens is 2. The number of carboxylic acid groups (broad SMARTS) is 1. The third kappa shape index (κ3) is 3.40. The quantitative estimate of drug-likeness (QED) is 0.640. The van der Waals surface area contributed by atoms with Gasteiger partial charge in [-0.05, 0) is 30.3 Å². The molecule has 1 N–H and O–H groups in total. The van der Waals surface area contributed by atoms with Crippen LogP contribution in [-0.2, 0) is 6.42 Å². The maximum atomic E-state index is 11.7. The summed E-state index contributed by atoms with van der Waals surface area (Å²) in [6.07, 6.45) is -0.120. The lowest BCUT2D eigenvalue weighted by Gasteiger charge is -2.11. The van der Waals surface area contributed by atoms with Crippen LogP contribution in [0.25, 0.3) is 16.9 Å². The SMILES string of the molecule is N#CCc1c(C(=O)O)nn(-c2ccc(Cl)cc2Cl)c1-c1ccc(Cl)cc1. The molecule has 8 heteroatoms. The molecule has 0 amide bonds. The third-order valence-corrected chi connectivity index (χ3v) is 4.49. The Morgan fingerprint density at radius 2 is 1.77 bits per heavy atom. The van der Waals surface area contributed by atoms with Crippen LogP contribution in [0.1, 0.15) is 16.1 Å². The number of nitriles is 1. The van der Waals surface area contributed by atoms with Crippen molar-refractivity contribution in [3.63, 3.8) is 0 Å². The molecule has 1 aromatic heterocycles. The Labute approximate surface area is 164 Å². The lowest BCUT2D eigenvalue weighted by molar-refractivity contribution is 0.0689. The molecule has 0 aliphatic heterocycles. The number of aromatic carboxylic acids is 1. The van der Waals surface area contributed by atoms with E-state index in [-0.39, 0.29) is 12.1 Å². The molecule has 0 spiro atoms. The second-order valence-corrected chi connectivity index (χ2v) is 6.61. The number of carboxylic acids is 1. The third-order valence-electron chi connectivity index (χ3n) is 3.70. The molecule has 3 rings (SSSR count). The summed E-state index contributed by atoms with van der Waals surface area (Å²) in [6.45, 7) is 0. The van der Waals surface area contributed by atoms with Gasteiger partial charge >= 0.3 is 5.97 Å². The minimum absolute atomic E-state index is 0.120. The smallest absolute Gasteiger partial charge is 0.356 e. The van der Waals surface area contributed by atoms with Crippen molar-refractivity contribution < 1.29 is 9.90 Å². The highest BCUT2D eigenvalue weighted by Gasteiger charge is 2.25. The minimum atomic E-state index is -1.23. The van der Waals surface area contributed by atoms with Crippen LogP contribution in [0, 0.1) is 11.3 Å². The number of carbonyl (C=O) groups is 1. The predicted molar refractivity (Wildman–Crippen MR) is 100 cm³/mol. The molecule has 0 radical (unpaired) electrons. The summed E-state index contributed by atoms with van der Waals surface area (Å²) in [7, 11) is 0. The summed E-state index contributed by atoms with van der Waals surface area (Å²) < 4.78 is 1.41. The van der Waals surface area contributed by atoms with E-state index in [4.69, 9.17) is 40.1 Å². The van der Waals surface area contributed by atoms with E-state index in [0.29, 0.717) is 37.6 Å². The van der Waals surface area contributed by atoms with Crippen LogP contribution < -0.4 is 0 Å². The fourth-order valence-corrected chi connectivity index (χ4v) is 3.21. The van der Waals surface area contributed by atoms with Crippen molar-refractivity contribution in [1.29, 1.82) is 5.26 Å². The maximum Gasteiger partial charge on any atom is 0.356 e. The van der Waals surface area contributed by atoms with Gasteiger partial charge in [0.15, 0.2) is 5.69 Å². The van der Waals surface area contributed by atoms with Gasteiger partial charge in [0.1, 0.15) is 0 Å². The molecule has 5 nitrogen and oxygen atoms in total. The first-order valence-corrected chi connectivity index (χ1v) is 8.49. The maximum absolute atomic E-state index is 11.7. The molecular weight excluding hydrogens is 397 g/mol. The van der Waals surface area contributed by atoms with E-state index >= 15 is 0 Å². The second kappa shape index (κ2) is 7.38. The fourth-order valence-electron chi connectivity index (χ4n) is 2.60. The van der Waals surface area contributed by atoms with Crippen molar-refractivity contribution in [2.75, 3.05) is 0 Å². The van der Waals surface area contributed by atoms with Crippen molar-refractivity contribution in [2.24, 2.45) is 0 Å². The Kier molecular flexibility index (Phi) is 5.19. The van der Waals surface area contributed by atoms with Gasteiger partial charge in [0.05, 0.1) is 28.9 Å². The molecule has 26 heavy (non-hydrogen) atoms. The van der Waals surface area contributed by atoms with E-state index in [1.54, 1.807) is 36.4 Å². The molecule has 130 valence electrons. The molecule has 0 aliphatic carbocycles. The van der Waals surface area contributed by atoms with Gasteiger partial charge in [-0.2, -0.15) is 10.4 Å². The van der Waals surface area contributed by atoms with Crippen LogP contribution in [0.3, 0.4) is 0 Å². The normalized spacial score (nSPS) is 10.5. The summed E-state index contributed by atoms with van der Waals surface area (Å²) in [5.74, 6) is -1.23. The van der Waals surface area contributed by atoms with E-state index in [2.05, 4.69) is 5.10 Å². The Balaban J connectivity index is 2.36. The van der Waals surface area contributed by atoms with Gasteiger partial charge in [-0.25, -0.2) is 9.48 Å². The molecule has 1 heterocycles.